The molecule has 0 saturated carbocycles. The van der Waals surface area contributed by atoms with Crippen LogP contribution in [0.2, 0.25) is 0 Å². The quantitative estimate of drug-likeness (QED) is 0.611. The third kappa shape index (κ3) is 2.17. The second-order valence-corrected chi connectivity index (χ2v) is 3.17. The maximum absolute atomic E-state index is 5.56. The van der Waals surface area contributed by atoms with Crippen LogP contribution in [0.4, 0.5) is 0 Å². The van der Waals surface area contributed by atoms with Crippen LogP contribution in [0.3, 0.4) is 0 Å². The van der Waals surface area contributed by atoms with E-state index in [9.17, 15) is 0 Å². The van der Waals surface area contributed by atoms with Gasteiger partial charge in [0.15, 0.2) is 5.79 Å². The Morgan fingerprint density at radius 2 is 1.82 bits per heavy atom. The van der Waals surface area contributed by atoms with Crippen molar-refractivity contribution < 1.29 is 9.47 Å². The molecule has 1 aliphatic heterocycles. The van der Waals surface area contributed by atoms with Crippen molar-refractivity contribution in [3.05, 3.63) is 5.92 Å². The van der Waals surface area contributed by atoms with Gasteiger partial charge < -0.3 is 9.47 Å². The van der Waals surface area contributed by atoms with Crippen LogP contribution in [0.25, 0.3) is 0 Å². The van der Waals surface area contributed by atoms with Gasteiger partial charge in [-0.25, -0.2) is 0 Å². The molecule has 65 valence electrons. The Balaban J connectivity index is 2.35. The first-order valence-electron chi connectivity index (χ1n) is 4.31. The molecule has 0 aromatic carbocycles. The number of hydrogen-bond acceptors (Lipinski definition) is 2. The molecule has 0 N–H and O–H groups in total. The number of ether oxygens (including phenoxy) is 2. The minimum Gasteiger partial charge on any atom is -0.350 e. The van der Waals surface area contributed by atoms with Crippen molar-refractivity contribution in [2.75, 3.05) is 13.2 Å². The summed E-state index contributed by atoms with van der Waals surface area (Å²) in [5.74, 6) is 1.04. The second-order valence-electron chi connectivity index (χ2n) is 3.17. The molecule has 2 nitrogen and oxygen atoms in total. The molecule has 0 bridgehead atoms. The predicted molar refractivity (Wildman–Crippen MR) is 44.1 cm³/mol. The lowest BCUT2D eigenvalue weighted by atomic mass is 10.1. The molecule has 11 heavy (non-hydrogen) atoms. The fourth-order valence-corrected chi connectivity index (χ4v) is 1.00. The van der Waals surface area contributed by atoms with Crippen LogP contribution in [0.5, 0.6) is 0 Å². The monoisotopic (exact) mass is 157 g/mol. The average molecular weight is 157 g/mol. The summed E-state index contributed by atoms with van der Waals surface area (Å²) >= 11 is 0. The van der Waals surface area contributed by atoms with E-state index in [2.05, 4.69) is 13.8 Å². The molecule has 0 aliphatic carbocycles. The van der Waals surface area contributed by atoms with Gasteiger partial charge in [0.25, 0.3) is 0 Å². The third-order valence-corrected chi connectivity index (χ3v) is 2.31. The number of hydrogen-bond donors (Lipinski definition) is 0. The highest BCUT2D eigenvalue weighted by Crippen LogP contribution is 2.26. The zero-order valence-corrected chi connectivity index (χ0v) is 7.64. The molecule has 1 heterocycles. The highest BCUT2D eigenvalue weighted by molar-refractivity contribution is 4.92. The summed E-state index contributed by atoms with van der Waals surface area (Å²) in [4.78, 5) is 0. The molecule has 0 unspecified atom stereocenters. The SMILES string of the molecule is CC[C]1COC(C)(CC)OC1. The van der Waals surface area contributed by atoms with Crippen LogP contribution >= 0.6 is 0 Å². The average Bonchev–Trinajstić information content (AvgIpc) is 2.06. The summed E-state index contributed by atoms with van der Waals surface area (Å²) in [5.41, 5.74) is 0. The van der Waals surface area contributed by atoms with E-state index in [1.807, 2.05) is 6.92 Å². The van der Waals surface area contributed by atoms with Gasteiger partial charge in [0, 0.05) is 5.92 Å². The van der Waals surface area contributed by atoms with E-state index in [0.717, 1.165) is 26.1 Å². The fraction of sp³-hybridized carbons (Fsp3) is 0.889. The topological polar surface area (TPSA) is 18.5 Å². The van der Waals surface area contributed by atoms with E-state index in [-0.39, 0.29) is 5.79 Å². The van der Waals surface area contributed by atoms with Crippen molar-refractivity contribution in [1.82, 2.24) is 0 Å². The summed E-state index contributed by atoms with van der Waals surface area (Å²) in [7, 11) is 0. The maximum Gasteiger partial charge on any atom is 0.165 e. The van der Waals surface area contributed by atoms with Gasteiger partial charge >= 0.3 is 0 Å². The van der Waals surface area contributed by atoms with Gasteiger partial charge in [-0.15, -0.1) is 0 Å². The van der Waals surface area contributed by atoms with Crippen molar-refractivity contribution in [3.63, 3.8) is 0 Å². The van der Waals surface area contributed by atoms with Gasteiger partial charge in [-0.3, -0.25) is 0 Å². The Morgan fingerprint density at radius 3 is 2.18 bits per heavy atom. The van der Waals surface area contributed by atoms with Crippen molar-refractivity contribution >= 4 is 0 Å². The molecule has 2 heteroatoms. The second kappa shape index (κ2) is 3.55. The number of rotatable bonds is 2. The van der Waals surface area contributed by atoms with E-state index in [0.29, 0.717) is 0 Å². The molecular weight excluding hydrogens is 140 g/mol. The Hall–Kier alpha value is -0.0800. The van der Waals surface area contributed by atoms with Gasteiger partial charge in [-0.2, -0.15) is 0 Å². The largest absolute Gasteiger partial charge is 0.350 e. The molecule has 1 fully saturated rings. The summed E-state index contributed by atoms with van der Waals surface area (Å²) in [6.45, 7) is 7.77. The molecule has 1 rings (SSSR count). The maximum atomic E-state index is 5.56. The van der Waals surface area contributed by atoms with E-state index < -0.39 is 0 Å². The van der Waals surface area contributed by atoms with E-state index in [4.69, 9.17) is 9.47 Å². The zero-order chi connectivity index (χ0) is 8.32. The smallest absolute Gasteiger partial charge is 0.165 e. The van der Waals surface area contributed by atoms with Crippen LogP contribution in [0.15, 0.2) is 0 Å². The minimum atomic E-state index is -0.321. The van der Waals surface area contributed by atoms with Crippen molar-refractivity contribution in [2.45, 2.75) is 39.4 Å². The summed E-state index contributed by atoms with van der Waals surface area (Å²) in [5, 5.41) is 0. The van der Waals surface area contributed by atoms with Gasteiger partial charge in [-0.1, -0.05) is 13.8 Å². The first-order valence-corrected chi connectivity index (χ1v) is 4.31. The lowest BCUT2D eigenvalue weighted by molar-refractivity contribution is -0.248. The Morgan fingerprint density at radius 1 is 1.27 bits per heavy atom. The molecule has 0 atom stereocenters. The van der Waals surface area contributed by atoms with Gasteiger partial charge in [0.05, 0.1) is 13.2 Å². The highest BCUT2D eigenvalue weighted by atomic mass is 16.7. The van der Waals surface area contributed by atoms with Crippen LogP contribution in [0.1, 0.15) is 33.6 Å². The lowest BCUT2D eigenvalue weighted by Crippen LogP contribution is -2.40. The highest BCUT2D eigenvalue weighted by Gasteiger charge is 2.30. The van der Waals surface area contributed by atoms with E-state index in [1.165, 1.54) is 5.92 Å². The van der Waals surface area contributed by atoms with Crippen molar-refractivity contribution in [2.24, 2.45) is 0 Å². The Kier molecular flexibility index (Phi) is 2.90. The van der Waals surface area contributed by atoms with Crippen molar-refractivity contribution in [1.29, 1.82) is 0 Å². The first kappa shape index (κ1) is 9.01. The molecule has 0 spiro atoms. The van der Waals surface area contributed by atoms with Crippen LogP contribution < -0.4 is 0 Å². The Labute approximate surface area is 68.9 Å². The molecule has 1 radical (unpaired) electrons. The lowest BCUT2D eigenvalue weighted by Gasteiger charge is -2.36. The van der Waals surface area contributed by atoms with Crippen LogP contribution in [0, 0.1) is 5.92 Å². The Bertz CT molecular complexity index is 115. The molecule has 1 saturated heterocycles. The molecular formula is C9H17O2. The normalized spacial score (nSPS) is 25.4. The zero-order valence-electron chi connectivity index (χ0n) is 7.64. The standard InChI is InChI=1S/C9H17O2/c1-4-8-6-10-9(3,5-2)11-7-8/h4-7H2,1-3H3. The predicted octanol–water partition coefficient (Wildman–Crippen LogP) is 2.14. The first-order chi connectivity index (χ1) is 5.20. The summed E-state index contributed by atoms with van der Waals surface area (Å²) in [6.07, 6.45) is 1.99. The summed E-state index contributed by atoms with van der Waals surface area (Å²) < 4.78 is 11.1. The van der Waals surface area contributed by atoms with Gasteiger partial charge in [-0.05, 0) is 19.8 Å². The van der Waals surface area contributed by atoms with Gasteiger partial charge in [0.2, 0.25) is 0 Å². The van der Waals surface area contributed by atoms with Crippen LogP contribution in [-0.4, -0.2) is 19.0 Å². The summed E-state index contributed by atoms with van der Waals surface area (Å²) in [6, 6.07) is 0. The molecule has 0 amide bonds. The molecule has 0 aromatic rings. The minimum absolute atomic E-state index is 0.321. The van der Waals surface area contributed by atoms with E-state index >= 15 is 0 Å². The van der Waals surface area contributed by atoms with E-state index in [1.54, 1.807) is 0 Å². The fourth-order valence-electron chi connectivity index (χ4n) is 1.00. The van der Waals surface area contributed by atoms with Crippen molar-refractivity contribution in [3.8, 4) is 0 Å². The molecule has 1 aliphatic rings. The third-order valence-electron chi connectivity index (χ3n) is 2.31. The molecule has 0 aromatic heterocycles. The van der Waals surface area contributed by atoms with Crippen LogP contribution in [-0.2, 0) is 9.47 Å². The van der Waals surface area contributed by atoms with Gasteiger partial charge in [0.1, 0.15) is 0 Å².